The van der Waals surface area contributed by atoms with Crippen molar-refractivity contribution in [3.8, 4) is 0 Å². The van der Waals surface area contributed by atoms with Gasteiger partial charge < -0.3 is 43.9 Å². The Kier molecular flexibility index (Phi) is 23.5. The Balaban J connectivity index is 0.00000200. The van der Waals surface area contributed by atoms with Gasteiger partial charge in [-0.3, -0.25) is 24.3 Å². The van der Waals surface area contributed by atoms with Crippen molar-refractivity contribution in [3.05, 3.63) is 66.1 Å². The number of nitrogens with one attached hydrogen (secondary N) is 1. The van der Waals surface area contributed by atoms with Gasteiger partial charge >= 0.3 is 5.97 Å². The normalized spacial score (nSPS) is 36.9. The average Bonchev–Trinajstić information content (AvgIpc) is 3.94. The molecule has 0 unspecified atom stereocenters. The number of methoxy groups -OCH3 is 3. The summed E-state index contributed by atoms with van der Waals surface area (Å²) in [7, 11) is 4.52. The number of allylic oxidation sites excluding steroid dienone is 6. The van der Waals surface area contributed by atoms with E-state index in [-0.39, 0.29) is 54.8 Å². The highest BCUT2D eigenvalue weighted by molar-refractivity contribution is 6.39. The molecular weight excluding hydrogens is 899 g/mol. The molecule has 4 N–H and O–H groups in total. The van der Waals surface area contributed by atoms with E-state index in [9.17, 15) is 39.3 Å². The molecule has 392 valence electrons. The van der Waals surface area contributed by atoms with Crippen LogP contribution in [0.3, 0.4) is 0 Å². The number of H-pyrrole nitrogens is 1. The number of hydrogen-bond acceptors (Lipinski definition) is 14. The first kappa shape index (κ1) is 58.4. The van der Waals surface area contributed by atoms with Gasteiger partial charge in [0.05, 0.1) is 24.4 Å². The summed E-state index contributed by atoms with van der Waals surface area (Å²) >= 11 is 0. The number of rotatable bonds is 6. The Hall–Kier alpha value is -4.16. The Morgan fingerprint density at radius 3 is 2.27 bits per heavy atom. The van der Waals surface area contributed by atoms with E-state index in [1.807, 2.05) is 64.1 Å². The summed E-state index contributed by atoms with van der Waals surface area (Å²) in [6.07, 6.45) is 14.6. The summed E-state index contributed by atoms with van der Waals surface area (Å²) in [6.45, 7) is 12.7. The van der Waals surface area contributed by atoms with Gasteiger partial charge in [-0.15, -0.1) is 0 Å². The van der Waals surface area contributed by atoms with Crippen LogP contribution in [-0.2, 0) is 47.7 Å². The van der Waals surface area contributed by atoms with Gasteiger partial charge in [0.2, 0.25) is 5.79 Å². The largest absolute Gasteiger partial charge is 0.460 e. The van der Waals surface area contributed by atoms with Gasteiger partial charge in [0.15, 0.2) is 5.78 Å². The first-order chi connectivity index (χ1) is 33.2. The highest BCUT2D eigenvalue weighted by atomic mass is 16.6. The van der Waals surface area contributed by atoms with Crippen LogP contribution in [0.15, 0.2) is 66.1 Å². The second-order valence-corrected chi connectivity index (χ2v) is 20.4. The first-order valence-corrected chi connectivity index (χ1v) is 25.4. The number of carbonyl (C=O) groups is 5. The topological polar surface area (TPSA) is 224 Å². The number of esters is 1. The monoisotopic (exact) mass is 982 g/mol. The average molecular weight is 982 g/mol. The maximum Gasteiger partial charge on any atom is 0.329 e. The van der Waals surface area contributed by atoms with Crippen molar-refractivity contribution < 1.29 is 63.0 Å². The minimum Gasteiger partial charge on any atom is -0.460 e. The van der Waals surface area contributed by atoms with Crippen LogP contribution in [0.4, 0.5) is 0 Å². The number of aromatic amines is 1. The molecule has 3 aliphatic heterocycles. The molecule has 70 heavy (non-hydrogen) atoms. The van der Waals surface area contributed by atoms with Gasteiger partial charge in [-0.05, 0) is 113 Å². The lowest BCUT2D eigenvalue weighted by Crippen LogP contribution is -2.61. The number of amides is 1. The fourth-order valence-electron chi connectivity index (χ4n) is 10.3. The van der Waals surface area contributed by atoms with Crippen LogP contribution < -0.4 is 0 Å². The fourth-order valence-corrected chi connectivity index (χ4v) is 10.3. The maximum atomic E-state index is 14.4. The molecule has 0 radical (unpaired) electrons. The summed E-state index contributed by atoms with van der Waals surface area (Å²) in [4.78, 5) is 71.8. The van der Waals surface area contributed by atoms with Crippen molar-refractivity contribution in [2.24, 2.45) is 35.5 Å². The lowest BCUT2D eigenvalue weighted by molar-refractivity contribution is -0.265. The maximum absolute atomic E-state index is 14.4. The van der Waals surface area contributed by atoms with Crippen LogP contribution in [0.1, 0.15) is 126 Å². The zero-order valence-electron chi connectivity index (χ0n) is 43.3. The van der Waals surface area contributed by atoms with Crippen molar-refractivity contribution in [1.82, 2.24) is 15.1 Å². The van der Waals surface area contributed by atoms with E-state index in [0.717, 1.165) is 12.0 Å². The van der Waals surface area contributed by atoms with Gasteiger partial charge in [0.1, 0.15) is 30.1 Å². The van der Waals surface area contributed by atoms with E-state index in [4.69, 9.17) is 23.7 Å². The SMILES string of the molecule is CO[C@H]1C[C@@H]2CC[C@@H](C)[C@@](O)(O2)C(=O)C(=O)N2CCCC[C@H]2C(=O)O[C@H]([C@H](C)C[C@@H]2CC[C@@H](O)[C@H](OC)C2)CC(=O)[C@H](C)/C=C(\C)[C@@H](O)[C@@H](OC)C(=O)[C@H](C)C[C@H](C)/C=C/C=CC=C1C.c1cn[nH]c1. The Bertz CT molecular complexity index is 1950. The van der Waals surface area contributed by atoms with E-state index in [1.165, 1.54) is 12.0 Å². The molecule has 3 fully saturated rings. The van der Waals surface area contributed by atoms with E-state index in [1.54, 1.807) is 53.5 Å². The quantitative estimate of drug-likeness (QED) is 0.134. The smallest absolute Gasteiger partial charge is 0.329 e. The van der Waals surface area contributed by atoms with Crippen molar-refractivity contribution in [2.45, 2.75) is 180 Å². The molecule has 1 saturated carbocycles. The number of aliphatic hydroxyl groups excluding tert-OH is 2. The molecule has 15 atom stereocenters. The zero-order valence-corrected chi connectivity index (χ0v) is 43.3. The van der Waals surface area contributed by atoms with E-state index in [0.29, 0.717) is 63.4 Å². The molecule has 16 nitrogen and oxygen atoms in total. The molecule has 5 rings (SSSR count). The number of carbonyl (C=O) groups excluding carboxylic acids is 5. The summed E-state index contributed by atoms with van der Waals surface area (Å²) in [5, 5.41) is 40.0. The highest BCUT2D eigenvalue weighted by Crippen LogP contribution is 2.38. The van der Waals surface area contributed by atoms with Crippen LogP contribution >= 0.6 is 0 Å². The van der Waals surface area contributed by atoms with Gasteiger partial charge in [-0.25, -0.2) is 4.79 Å². The summed E-state index contributed by atoms with van der Waals surface area (Å²) < 4.78 is 29.4. The minimum absolute atomic E-state index is 0.0193. The minimum atomic E-state index is -2.43. The summed E-state index contributed by atoms with van der Waals surface area (Å²) in [6, 6.07) is 0.694. The molecule has 4 heterocycles. The number of fused-ring (bicyclic) bond motifs is 3. The second kappa shape index (κ2) is 28.2. The molecule has 16 heteroatoms. The van der Waals surface area contributed by atoms with Gasteiger partial charge in [0, 0.05) is 70.9 Å². The zero-order chi connectivity index (χ0) is 51.7. The van der Waals surface area contributed by atoms with E-state index < -0.39 is 83.9 Å². The second-order valence-electron chi connectivity index (χ2n) is 20.4. The number of aliphatic hydroxyl groups is 3. The predicted molar refractivity (Wildman–Crippen MR) is 264 cm³/mol. The number of Topliss-reactive ketones (excluding diaryl/α,β-unsaturated/α-hetero) is 3. The molecule has 2 bridgehead atoms. The van der Waals surface area contributed by atoms with Crippen molar-refractivity contribution in [2.75, 3.05) is 27.9 Å². The molecule has 2 saturated heterocycles. The highest BCUT2D eigenvalue weighted by Gasteiger charge is 2.53. The van der Waals surface area contributed by atoms with Crippen molar-refractivity contribution >= 4 is 29.2 Å². The fraction of sp³-hybridized carbons (Fsp3) is 0.704. The third-order valence-corrected chi connectivity index (χ3v) is 14.9. The number of cyclic esters (lactones) is 1. The van der Waals surface area contributed by atoms with Crippen LogP contribution in [0.5, 0.6) is 0 Å². The van der Waals surface area contributed by atoms with E-state index >= 15 is 0 Å². The van der Waals surface area contributed by atoms with E-state index in [2.05, 4.69) is 10.2 Å². The molecule has 1 aromatic heterocycles. The van der Waals surface area contributed by atoms with Crippen molar-refractivity contribution in [1.29, 1.82) is 0 Å². The number of ether oxygens (including phenoxy) is 5. The standard InChI is InChI=1S/C51H79NO13.C3H4N2/c1-30-16-12-11-13-17-31(2)42(61-8)28-38-21-19-36(7)51(60,65-38)48(57)49(58)52-23-15-14-18-39(52)50(59)64-43(33(4)26-37-20-22-40(53)44(27-37)62-9)29-41(54)32(3)25-35(6)46(56)47(63-10)45(55)34(5)24-30;1-2-4-5-3-1/h11-13,16-17,25,30,32-34,36-40,42-44,46-47,53,56,60H,14-15,18-24,26-29H2,1-10H3;1-3H,(H,4,5)/b13-11?,16-12+,31-17?,35-25+;/t30-,32-,33-,34-,36-,37+,38+,39+,40-,42+,43+,44-,46-,47+,51-;/m1./s1. The lowest BCUT2D eigenvalue weighted by atomic mass is 9.78. The van der Waals surface area contributed by atoms with Gasteiger partial charge in [-0.1, -0.05) is 71.1 Å². The molecule has 4 aliphatic rings. The third-order valence-electron chi connectivity index (χ3n) is 14.9. The molecule has 0 spiro atoms. The lowest BCUT2D eigenvalue weighted by Gasteiger charge is -2.42. The van der Waals surface area contributed by atoms with Crippen LogP contribution in [-0.4, -0.2) is 142 Å². The molecular formula is C54H83N3O13. The number of ketones is 3. The Labute approximate surface area is 415 Å². The molecule has 1 aliphatic carbocycles. The van der Waals surface area contributed by atoms with Crippen molar-refractivity contribution in [3.63, 3.8) is 0 Å². The van der Waals surface area contributed by atoms with Crippen LogP contribution in [0, 0.1) is 35.5 Å². The molecule has 0 aromatic carbocycles. The first-order valence-electron chi connectivity index (χ1n) is 25.4. The molecule has 1 aromatic rings. The molecule has 1 amide bonds. The Morgan fingerprint density at radius 2 is 1.63 bits per heavy atom. The number of aromatic nitrogens is 2. The van der Waals surface area contributed by atoms with Crippen LogP contribution in [0.2, 0.25) is 0 Å². The summed E-state index contributed by atoms with van der Waals surface area (Å²) in [5.41, 5.74) is 1.27. The number of piperidine rings is 1. The third kappa shape index (κ3) is 16.2. The Morgan fingerprint density at radius 1 is 0.886 bits per heavy atom. The summed E-state index contributed by atoms with van der Waals surface area (Å²) in [5.74, 6) is -7.96. The predicted octanol–water partition coefficient (Wildman–Crippen LogP) is 6.59. The van der Waals surface area contributed by atoms with Gasteiger partial charge in [-0.2, -0.15) is 5.10 Å². The van der Waals surface area contributed by atoms with Crippen LogP contribution in [0.25, 0.3) is 0 Å². The number of hydrogen-bond donors (Lipinski definition) is 4. The number of nitrogens with zero attached hydrogens (tertiary/aromatic N) is 2. The van der Waals surface area contributed by atoms with Gasteiger partial charge in [0.25, 0.3) is 11.7 Å².